The molecule has 0 heterocycles. The van der Waals surface area contributed by atoms with Crippen LogP contribution in [0.4, 0.5) is 11.4 Å². The van der Waals surface area contributed by atoms with Gasteiger partial charge < -0.3 is 9.80 Å². The first-order valence-corrected chi connectivity index (χ1v) is 5.10. The third-order valence-electron chi connectivity index (χ3n) is 2.43. The predicted molar refractivity (Wildman–Crippen MR) is 64.5 cm³/mol. The third kappa shape index (κ3) is 2.72. The molecule has 1 rings (SSSR count). The van der Waals surface area contributed by atoms with Crippen molar-refractivity contribution in [2.45, 2.75) is 13.3 Å². The zero-order chi connectivity index (χ0) is 11.4. The minimum absolute atomic E-state index is 0.132. The fourth-order valence-corrected chi connectivity index (χ4v) is 1.36. The summed E-state index contributed by atoms with van der Waals surface area (Å²) < 4.78 is 0. The summed E-state index contributed by atoms with van der Waals surface area (Å²) in [5.41, 5.74) is 2.07. The van der Waals surface area contributed by atoms with E-state index in [4.69, 9.17) is 0 Å². The number of hydrogen-bond donors (Lipinski definition) is 0. The molecule has 1 aromatic carbocycles. The highest BCUT2D eigenvalue weighted by Gasteiger charge is 2.07. The zero-order valence-electron chi connectivity index (χ0n) is 9.82. The van der Waals surface area contributed by atoms with E-state index in [9.17, 15) is 4.79 Å². The summed E-state index contributed by atoms with van der Waals surface area (Å²) in [6.45, 7) is 1.87. The molecule has 0 saturated heterocycles. The number of rotatable bonds is 3. The van der Waals surface area contributed by atoms with Gasteiger partial charge in [0.2, 0.25) is 5.91 Å². The van der Waals surface area contributed by atoms with E-state index in [1.807, 2.05) is 50.2 Å². The molecule has 0 aromatic heterocycles. The average molecular weight is 206 g/mol. The Balaban J connectivity index is 2.84. The molecule has 1 amide bonds. The van der Waals surface area contributed by atoms with Crippen LogP contribution in [0, 0.1) is 0 Å². The van der Waals surface area contributed by atoms with Crippen LogP contribution in [-0.2, 0) is 4.79 Å². The third-order valence-corrected chi connectivity index (χ3v) is 2.43. The lowest BCUT2D eigenvalue weighted by Gasteiger charge is -2.18. The molecule has 0 radical (unpaired) electrons. The lowest BCUT2D eigenvalue weighted by atomic mass is 10.2. The van der Waals surface area contributed by atoms with E-state index in [1.54, 1.807) is 11.9 Å². The van der Waals surface area contributed by atoms with Gasteiger partial charge >= 0.3 is 0 Å². The summed E-state index contributed by atoms with van der Waals surface area (Å²) in [5, 5.41) is 0. The van der Waals surface area contributed by atoms with Gasteiger partial charge in [-0.25, -0.2) is 0 Å². The van der Waals surface area contributed by atoms with Gasteiger partial charge in [0, 0.05) is 38.9 Å². The summed E-state index contributed by atoms with van der Waals surface area (Å²) in [7, 11) is 5.79. The van der Waals surface area contributed by atoms with Crippen molar-refractivity contribution in [3.05, 3.63) is 24.3 Å². The Bertz CT molecular complexity index is 330. The summed E-state index contributed by atoms with van der Waals surface area (Å²) in [4.78, 5) is 15.2. The number of carbonyl (C=O) groups is 1. The molecule has 0 aliphatic rings. The molecule has 0 atom stereocenters. The van der Waals surface area contributed by atoms with Crippen molar-refractivity contribution in [3.63, 3.8) is 0 Å². The van der Waals surface area contributed by atoms with Gasteiger partial charge in [-0.2, -0.15) is 0 Å². The van der Waals surface area contributed by atoms with Gasteiger partial charge in [0.15, 0.2) is 0 Å². The summed E-state index contributed by atoms with van der Waals surface area (Å²) >= 11 is 0. The maximum atomic E-state index is 11.4. The van der Waals surface area contributed by atoms with Crippen molar-refractivity contribution in [2.24, 2.45) is 0 Å². The maximum Gasteiger partial charge on any atom is 0.226 e. The molecule has 3 nitrogen and oxygen atoms in total. The lowest BCUT2D eigenvalue weighted by molar-refractivity contribution is -0.118. The molecular weight excluding hydrogens is 188 g/mol. The Kier molecular flexibility index (Phi) is 3.72. The average Bonchev–Trinajstić information content (AvgIpc) is 2.27. The number of carbonyl (C=O) groups excluding carboxylic acids is 1. The van der Waals surface area contributed by atoms with Crippen molar-refractivity contribution in [3.8, 4) is 0 Å². The Morgan fingerprint density at radius 1 is 1.07 bits per heavy atom. The van der Waals surface area contributed by atoms with Crippen LogP contribution in [0.2, 0.25) is 0 Å². The molecule has 0 unspecified atom stereocenters. The largest absolute Gasteiger partial charge is 0.378 e. The standard InChI is InChI=1S/C12H18N2O/c1-5-12(15)14(4)11-8-6-10(7-9-11)13(2)3/h6-9H,5H2,1-4H3. The molecule has 0 fully saturated rings. The van der Waals surface area contributed by atoms with Crippen LogP contribution in [0.5, 0.6) is 0 Å². The Hall–Kier alpha value is -1.51. The highest BCUT2D eigenvalue weighted by atomic mass is 16.2. The predicted octanol–water partition coefficient (Wildman–Crippen LogP) is 2.13. The quantitative estimate of drug-likeness (QED) is 0.756. The lowest BCUT2D eigenvalue weighted by Crippen LogP contribution is -2.25. The van der Waals surface area contributed by atoms with Gasteiger partial charge in [-0.3, -0.25) is 4.79 Å². The van der Waals surface area contributed by atoms with Gasteiger partial charge in [-0.05, 0) is 24.3 Å². The van der Waals surface area contributed by atoms with Gasteiger partial charge in [-0.1, -0.05) is 6.92 Å². The highest BCUT2D eigenvalue weighted by molar-refractivity contribution is 5.92. The molecular formula is C12H18N2O. The molecule has 1 aromatic rings. The fourth-order valence-electron chi connectivity index (χ4n) is 1.36. The van der Waals surface area contributed by atoms with E-state index in [-0.39, 0.29) is 5.91 Å². The summed E-state index contributed by atoms with van der Waals surface area (Å²) in [5.74, 6) is 0.132. The topological polar surface area (TPSA) is 23.6 Å². The Morgan fingerprint density at radius 3 is 1.93 bits per heavy atom. The first-order chi connectivity index (χ1) is 7.06. The first kappa shape index (κ1) is 11.6. The normalized spacial score (nSPS) is 9.87. The molecule has 0 N–H and O–H groups in total. The van der Waals surface area contributed by atoms with E-state index in [2.05, 4.69) is 0 Å². The van der Waals surface area contributed by atoms with Gasteiger partial charge in [-0.15, -0.1) is 0 Å². The molecule has 3 heteroatoms. The molecule has 15 heavy (non-hydrogen) atoms. The van der Waals surface area contributed by atoms with E-state index >= 15 is 0 Å². The molecule has 82 valence electrons. The van der Waals surface area contributed by atoms with Crippen molar-refractivity contribution in [2.75, 3.05) is 30.9 Å². The maximum absolute atomic E-state index is 11.4. The van der Waals surface area contributed by atoms with Crippen molar-refractivity contribution in [1.82, 2.24) is 0 Å². The molecule has 0 aliphatic heterocycles. The number of amides is 1. The van der Waals surface area contributed by atoms with Crippen LogP contribution >= 0.6 is 0 Å². The fraction of sp³-hybridized carbons (Fsp3) is 0.417. The number of hydrogen-bond acceptors (Lipinski definition) is 2. The molecule has 0 bridgehead atoms. The van der Waals surface area contributed by atoms with Crippen LogP contribution in [0.15, 0.2) is 24.3 Å². The van der Waals surface area contributed by atoms with Crippen LogP contribution in [0.3, 0.4) is 0 Å². The second-order valence-electron chi connectivity index (χ2n) is 3.72. The Labute approximate surface area is 91.3 Å². The first-order valence-electron chi connectivity index (χ1n) is 5.10. The van der Waals surface area contributed by atoms with Crippen molar-refractivity contribution in [1.29, 1.82) is 0 Å². The van der Waals surface area contributed by atoms with Crippen LogP contribution < -0.4 is 9.80 Å². The number of anilines is 2. The molecule has 0 saturated carbocycles. The second-order valence-corrected chi connectivity index (χ2v) is 3.72. The zero-order valence-corrected chi connectivity index (χ0v) is 9.82. The monoisotopic (exact) mass is 206 g/mol. The van der Waals surface area contributed by atoms with Crippen LogP contribution in [0.25, 0.3) is 0 Å². The second kappa shape index (κ2) is 4.82. The molecule has 0 spiro atoms. The smallest absolute Gasteiger partial charge is 0.226 e. The van der Waals surface area contributed by atoms with Gasteiger partial charge in [0.1, 0.15) is 0 Å². The summed E-state index contributed by atoms with van der Waals surface area (Å²) in [6, 6.07) is 7.94. The van der Waals surface area contributed by atoms with E-state index in [1.165, 1.54) is 0 Å². The number of nitrogens with zero attached hydrogens (tertiary/aromatic N) is 2. The molecule has 0 aliphatic carbocycles. The van der Waals surface area contributed by atoms with E-state index in [0.29, 0.717) is 6.42 Å². The van der Waals surface area contributed by atoms with Crippen LogP contribution in [-0.4, -0.2) is 27.1 Å². The highest BCUT2D eigenvalue weighted by Crippen LogP contribution is 2.18. The SMILES string of the molecule is CCC(=O)N(C)c1ccc(N(C)C)cc1. The van der Waals surface area contributed by atoms with E-state index < -0.39 is 0 Å². The van der Waals surface area contributed by atoms with Crippen molar-refractivity contribution < 1.29 is 4.79 Å². The van der Waals surface area contributed by atoms with Crippen molar-refractivity contribution >= 4 is 17.3 Å². The van der Waals surface area contributed by atoms with Crippen LogP contribution in [0.1, 0.15) is 13.3 Å². The van der Waals surface area contributed by atoms with Gasteiger partial charge in [0.25, 0.3) is 0 Å². The minimum Gasteiger partial charge on any atom is -0.378 e. The van der Waals surface area contributed by atoms with Gasteiger partial charge in [0.05, 0.1) is 0 Å². The van der Waals surface area contributed by atoms with E-state index in [0.717, 1.165) is 11.4 Å². The minimum atomic E-state index is 0.132. The summed E-state index contributed by atoms with van der Waals surface area (Å²) in [6.07, 6.45) is 0.534. The number of benzene rings is 1. The Morgan fingerprint density at radius 2 is 1.53 bits per heavy atom.